The molecule has 146 valence electrons. The molecule has 0 spiro atoms. The number of fused-ring (bicyclic) bond motifs is 1. The van der Waals surface area contributed by atoms with Crippen LogP contribution < -0.4 is 15.7 Å². The van der Waals surface area contributed by atoms with Crippen molar-refractivity contribution >= 4 is 27.5 Å². The van der Waals surface area contributed by atoms with Gasteiger partial charge in [-0.05, 0) is 29.7 Å². The van der Waals surface area contributed by atoms with Crippen LogP contribution in [-0.4, -0.2) is 22.7 Å². The molecule has 4 rings (SSSR count). The second kappa shape index (κ2) is 8.28. The van der Waals surface area contributed by atoms with Crippen LogP contribution in [0.2, 0.25) is 0 Å². The fourth-order valence-corrected chi connectivity index (χ4v) is 4.02. The van der Waals surface area contributed by atoms with Crippen LogP contribution in [0.25, 0.3) is 21.3 Å². The Kier molecular flexibility index (Phi) is 5.39. The molecule has 7 heteroatoms. The largest absolute Gasteiger partial charge is 0.497 e. The van der Waals surface area contributed by atoms with E-state index in [9.17, 15) is 9.59 Å². The zero-order chi connectivity index (χ0) is 20.2. The Morgan fingerprint density at radius 3 is 2.79 bits per heavy atom. The summed E-state index contributed by atoms with van der Waals surface area (Å²) in [5, 5.41) is 2.43. The molecule has 2 heterocycles. The van der Waals surface area contributed by atoms with Gasteiger partial charge in [0.2, 0.25) is 5.91 Å². The molecule has 0 aliphatic rings. The van der Waals surface area contributed by atoms with E-state index in [2.05, 4.69) is 10.4 Å². The van der Waals surface area contributed by atoms with E-state index in [4.69, 9.17) is 4.74 Å². The van der Waals surface area contributed by atoms with Crippen LogP contribution in [0.4, 0.5) is 0 Å². The van der Waals surface area contributed by atoms with Gasteiger partial charge < -0.3 is 4.74 Å². The number of nitrogens with one attached hydrogen (secondary N) is 1. The van der Waals surface area contributed by atoms with Gasteiger partial charge in [0.1, 0.15) is 16.9 Å². The summed E-state index contributed by atoms with van der Waals surface area (Å²) in [5.74, 6) is 0.493. The van der Waals surface area contributed by atoms with Crippen molar-refractivity contribution in [3.05, 3.63) is 82.2 Å². The van der Waals surface area contributed by atoms with Gasteiger partial charge in [0.05, 0.1) is 12.5 Å². The molecule has 0 radical (unpaired) electrons. The van der Waals surface area contributed by atoms with Gasteiger partial charge in [-0.3, -0.25) is 15.0 Å². The van der Waals surface area contributed by atoms with Crippen LogP contribution in [-0.2, 0) is 11.2 Å². The van der Waals surface area contributed by atoms with Crippen LogP contribution in [0.15, 0.2) is 71.1 Å². The van der Waals surface area contributed by atoms with Gasteiger partial charge in [-0.2, -0.15) is 0 Å². The van der Waals surface area contributed by atoms with Gasteiger partial charge in [-0.25, -0.2) is 9.66 Å². The lowest BCUT2D eigenvalue weighted by Crippen LogP contribution is -2.33. The van der Waals surface area contributed by atoms with Crippen molar-refractivity contribution in [1.29, 1.82) is 0 Å². The number of hydrogen-bond donors (Lipinski definition) is 1. The maximum absolute atomic E-state index is 13.0. The quantitative estimate of drug-likeness (QED) is 0.529. The number of ether oxygens (including phenoxy) is 1. The summed E-state index contributed by atoms with van der Waals surface area (Å²) >= 11 is 1.41. The van der Waals surface area contributed by atoms with Crippen molar-refractivity contribution in [2.24, 2.45) is 0 Å². The highest BCUT2D eigenvalue weighted by Gasteiger charge is 2.14. The minimum Gasteiger partial charge on any atom is -0.497 e. The molecule has 29 heavy (non-hydrogen) atoms. The Labute approximate surface area is 171 Å². The molecule has 0 atom stereocenters. The predicted octanol–water partition coefficient (Wildman–Crippen LogP) is 3.84. The Morgan fingerprint density at radius 2 is 2.00 bits per heavy atom. The number of benzene rings is 2. The van der Waals surface area contributed by atoms with Crippen molar-refractivity contribution in [3.8, 4) is 16.9 Å². The van der Waals surface area contributed by atoms with E-state index in [1.807, 2.05) is 60.0 Å². The van der Waals surface area contributed by atoms with E-state index in [0.717, 1.165) is 27.1 Å². The number of amides is 1. The number of carbonyl (C=O) groups is 1. The highest BCUT2D eigenvalue weighted by molar-refractivity contribution is 7.17. The number of methoxy groups -OCH3 is 1. The minimum absolute atomic E-state index is 0.243. The van der Waals surface area contributed by atoms with Crippen LogP contribution in [0, 0.1) is 0 Å². The summed E-state index contributed by atoms with van der Waals surface area (Å²) in [4.78, 5) is 30.4. The lowest BCUT2D eigenvalue weighted by Gasteiger charge is -2.09. The molecule has 0 fully saturated rings. The summed E-state index contributed by atoms with van der Waals surface area (Å²) in [6.07, 6.45) is 2.15. The molecule has 4 aromatic rings. The third kappa shape index (κ3) is 4.05. The number of rotatable bonds is 6. The summed E-state index contributed by atoms with van der Waals surface area (Å²) < 4.78 is 6.36. The monoisotopic (exact) mass is 405 g/mol. The third-order valence-electron chi connectivity index (χ3n) is 4.60. The van der Waals surface area contributed by atoms with Crippen LogP contribution in [0.3, 0.4) is 0 Å². The van der Waals surface area contributed by atoms with Crippen LogP contribution in [0.1, 0.15) is 12.0 Å². The maximum atomic E-state index is 13.0. The molecule has 1 amide bonds. The Balaban J connectivity index is 1.54. The van der Waals surface area contributed by atoms with Gasteiger partial charge in [-0.1, -0.05) is 42.5 Å². The fourth-order valence-electron chi connectivity index (χ4n) is 3.12. The number of thiophene rings is 1. The molecular formula is C22H19N3O3S. The van der Waals surface area contributed by atoms with E-state index in [1.165, 1.54) is 17.7 Å². The Bertz CT molecular complexity index is 1210. The van der Waals surface area contributed by atoms with Crippen LogP contribution in [0.5, 0.6) is 5.75 Å². The number of aryl methyl sites for hydroxylation is 1. The summed E-state index contributed by atoms with van der Waals surface area (Å²) in [6.45, 7) is 0. The molecular weight excluding hydrogens is 386 g/mol. The molecule has 0 unspecified atom stereocenters. The van der Waals surface area contributed by atoms with Gasteiger partial charge in [0.25, 0.3) is 5.56 Å². The lowest BCUT2D eigenvalue weighted by molar-refractivity contribution is -0.117. The summed E-state index contributed by atoms with van der Waals surface area (Å²) in [6, 6.07) is 17.2. The minimum atomic E-state index is -0.287. The first kappa shape index (κ1) is 18.9. The molecule has 2 aromatic heterocycles. The number of aromatic nitrogens is 2. The maximum Gasteiger partial charge on any atom is 0.281 e. The summed E-state index contributed by atoms with van der Waals surface area (Å²) in [5.41, 5.74) is 5.12. The van der Waals surface area contributed by atoms with Crippen molar-refractivity contribution in [3.63, 3.8) is 0 Å². The lowest BCUT2D eigenvalue weighted by atomic mass is 10.1. The zero-order valence-electron chi connectivity index (χ0n) is 15.8. The number of hydrogen-bond acceptors (Lipinski definition) is 5. The Morgan fingerprint density at radius 1 is 1.17 bits per heavy atom. The Hall–Kier alpha value is -3.45. The SMILES string of the molecule is COc1cccc(CCC(=O)Nn2cnc3scc(-c4ccccc4)c3c2=O)c1. The molecule has 0 saturated carbocycles. The first-order chi connectivity index (χ1) is 14.2. The van der Waals surface area contributed by atoms with Gasteiger partial charge in [0, 0.05) is 17.4 Å². The molecule has 2 aromatic carbocycles. The molecule has 0 aliphatic carbocycles. The fraction of sp³-hybridized carbons (Fsp3) is 0.136. The third-order valence-corrected chi connectivity index (χ3v) is 5.49. The first-order valence-corrected chi connectivity index (χ1v) is 10.0. The normalized spacial score (nSPS) is 10.8. The average molecular weight is 405 g/mol. The standard InChI is InChI=1S/C22H19N3O3S/c1-28-17-9-5-6-15(12-17)10-11-19(26)24-25-14-23-21-20(22(25)27)18(13-29-21)16-7-3-2-4-8-16/h2-9,12-14H,10-11H2,1H3,(H,24,26). The molecule has 0 aliphatic heterocycles. The topological polar surface area (TPSA) is 73.2 Å². The molecule has 0 bridgehead atoms. The highest BCUT2D eigenvalue weighted by Crippen LogP contribution is 2.30. The second-order valence-corrected chi connectivity index (χ2v) is 7.36. The van der Waals surface area contributed by atoms with E-state index in [-0.39, 0.29) is 17.9 Å². The van der Waals surface area contributed by atoms with Crippen molar-refractivity contribution in [2.45, 2.75) is 12.8 Å². The van der Waals surface area contributed by atoms with E-state index >= 15 is 0 Å². The highest BCUT2D eigenvalue weighted by atomic mass is 32.1. The smallest absolute Gasteiger partial charge is 0.281 e. The van der Waals surface area contributed by atoms with E-state index < -0.39 is 0 Å². The average Bonchev–Trinajstić information content (AvgIpc) is 3.20. The number of carbonyl (C=O) groups excluding carboxylic acids is 1. The molecule has 6 nitrogen and oxygen atoms in total. The van der Waals surface area contributed by atoms with Crippen molar-refractivity contribution < 1.29 is 9.53 Å². The van der Waals surface area contributed by atoms with Gasteiger partial charge >= 0.3 is 0 Å². The van der Waals surface area contributed by atoms with Gasteiger partial charge in [-0.15, -0.1) is 11.3 Å². The molecule has 0 saturated heterocycles. The zero-order valence-corrected chi connectivity index (χ0v) is 16.6. The second-order valence-electron chi connectivity index (χ2n) is 6.50. The van der Waals surface area contributed by atoms with Crippen molar-refractivity contribution in [1.82, 2.24) is 9.66 Å². The summed E-state index contributed by atoms with van der Waals surface area (Å²) in [7, 11) is 1.61. The predicted molar refractivity (Wildman–Crippen MR) is 115 cm³/mol. The van der Waals surface area contributed by atoms with Crippen molar-refractivity contribution in [2.75, 3.05) is 12.5 Å². The van der Waals surface area contributed by atoms with E-state index in [0.29, 0.717) is 16.6 Å². The van der Waals surface area contributed by atoms with Crippen LogP contribution >= 0.6 is 11.3 Å². The molecule has 1 N–H and O–H groups in total. The van der Waals surface area contributed by atoms with E-state index in [1.54, 1.807) is 7.11 Å². The van der Waals surface area contributed by atoms with Gasteiger partial charge in [0.15, 0.2) is 0 Å². The number of nitrogens with zero attached hydrogens (tertiary/aromatic N) is 2. The first-order valence-electron chi connectivity index (χ1n) is 9.13.